The van der Waals surface area contributed by atoms with Crippen LogP contribution in [0, 0.1) is 0 Å². The molecule has 2 aromatic carbocycles. The monoisotopic (exact) mass is 329 g/mol. The zero-order valence-corrected chi connectivity index (χ0v) is 13.6. The number of anilines is 1. The predicted octanol–water partition coefficient (Wildman–Crippen LogP) is 3.36. The quantitative estimate of drug-likeness (QED) is 0.692. The van der Waals surface area contributed by atoms with E-state index in [0.29, 0.717) is 11.4 Å². The summed E-state index contributed by atoms with van der Waals surface area (Å²) in [6, 6.07) is 21.2. The van der Waals surface area contributed by atoms with Crippen molar-refractivity contribution in [3.63, 3.8) is 0 Å². The van der Waals surface area contributed by atoms with Gasteiger partial charge in [0.2, 0.25) is 0 Å². The zero-order valence-electron chi connectivity index (χ0n) is 13.6. The molecule has 0 spiro atoms. The van der Waals surface area contributed by atoms with E-state index in [1.807, 2.05) is 60.7 Å². The number of imide groups is 1. The molecule has 0 radical (unpaired) electrons. The zero-order chi connectivity index (χ0) is 17.4. The van der Waals surface area contributed by atoms with Gasteiger partial charge in [-0.2, -0.15) is 0 Å². The molecular weight excluding hydrogens is 314 g/mol. The second-order valence-electron chi connectivity index (χ2n) is 5.81. The van der Waals surface area contributed by atoms with Gasteiger partial charge in [-0.15, -0.1) is 5.10 Å². The SMILES string of the molecule is CC1=CC(=O)N(c2cc(-c3ccccc3)n(-c3ccccc3)n2)C1=O. The van der Waals surface area contributed by atoms with Crippen LogP contribution >= 0.6 is 0 Å². The molecule has 0 unspecified atom stereocenters. The van der Waals surface area contributed by atoms with Gasteiger partial charge >= 0.3 is 0 Å². The molecule has 0 aliphatic carbocycles. The van der Waals surface area contributed by atoms with Crippen molar-refractivity contribution < 1.29 is 9.59 Å². The highest BCUT2D eigenvalue weighted by Gasteiger charge is 2.32. The number of rotatable bonds is 3. The van der Waals surface area contributed by atoms with Gasteiger partial charge in [-0.25, -0.2) is 9.58 Å². The van der Waals surface area contributed by atoms with Crippen molar-refractivity contribution in [2.45, 2.75) is 6.92 Å². The van der Waals surface area contributed by atoms with Crippen molar-refractivity contribution in [1.29, 1.82) is 0 Å². The summed E-state index contributed by atoms with van der Waals surface area (Å²) in [6.07, 6.45) is 1.34. The molecule has 3 aromatic rings. The molecule has 5 nitrogen and oxygen atoms in total. The van der Waals surface area contributed by atoms with Gasteiger partial charge in [-0.05, 0) is 19.1 Å². The summed E-state index contributed by atoms with van der Waals surface area (Å²) in [5.74, 6) is -0.368. The van der Waals surface area contributed by atoms with Gasteiger partial charge in [0.25, 0.3) is 11.8 Å². The molecule has 4 rings (SSSR count). The Labute approximate surface area is 144 Å². The number of para-hydroxylation sites is 1. The van der Waals surface area contributed by atoms with Crippen molar-refractivity contribution in [2.75, 3.05) is 4.90 Å². The second kappa shape index (κ2) is 5.87. The minimum atomic E-state index is -0.361. The average Bonchev–Trinajstić information content (AvgIpc) is 3.18. The van der Waals surface area contributed by atoms with Crippen molar-refractivity contribution in [3.8, 4) is 16.9 Å². The normalized spacial score (nSPS) is 14.1. The first kappa shape index (κ1) is 15.1. The van der Waals surface area contributed by atoms with E-state index in [1.54, 1.807) is 17.7 Å². The molecule has 2 amide bonds. The van der Waals surface area contributed by atoms with Crippen LogP contribution in [0.25, 0.3) is 16.9 Å². The van der Waals surface area contributed by atoms with E-state index < -0.39 is 0 Å². The van der Waals surface area contributed by atoms with Crippen LogP contribution in [0.1, 0.15) is 6.92 Å². The van der Waals surface area contributed by atoms with E-state index in [4.69, 9.17) is 0 Å². The molecule has 0 N–H and O–H groups in total. The van der Waals surface area contributed by atoms with Crippen molar-refractivity contribution >= 4 is 17.6 Å². The van der Waals surface area contributed by atoms with E-state index in [1.165, 1.54) is 6.08 Å². The highest BCUT2D eigenvalue weighted by Crippen LogP contribution is 2.29. The minimum Gasteiger partial charge on any atom is -0.269 e. The predicted molar refractivity (Wildman–Crippen MR) is 95.3 cm³/mol. The number of amides is 2. The third-order valence-corrected chi connectivity index (χ3v) is 4.10. The van der Waals surface area contributed by atoms with Gasteiger partial charge < -0.3 is 0 Å². The molecule has 25 heavy (non-hydrogen) atoms. The van der Waals surface area contributed by atoms with Crippen LogP contribution in [0.15, 0.2) is 78.4 Å². The van der Waals surface area contributed by atoms with Gasteiger partial charge in [0.05, 0.1) is 11.4 Å². The van der Waals surface area contributed by atoms with Crippen LogP contribution in [-0.2, 0) is 9.59 Å². The lowest BCUT2D eigenvalue weighted by Gasteiger charge is -2.10. The number of aromatic nitrogens is 2. The second-order valence-corrected chi connectivity index (χ2v) is 5.81. The summed E-state index contributed by atoms with van der Waals surface area (Å²) in [7, 11) is 0. The Bertz CT molecular complexity index is 931. The van der Waals surface area contributed by atoms with Gasteiger partial charge in [0.1, 0.15) is 0 Å². The van der Waals surface area contributed by atoms with E-state index in [-0.39, 0.29) is 11.8 Å². The maximum atomic E-state index is 12.3. The number of carbonyl (C=O) groups excluding carboxylic acids is 2. The van der Waals surface area contributed by atoms with E-state index in [2.05, 4.69) is 5.10 Å². The Morgan fingerprint density at radius 1 is 0.880 bits per heavy atom. The molecule has 122 valence electrons. The van der Waals surface area contributed by atoms with Gasteiger partial charge in [-0.3, -0.25) is 9.59 Å². The maximum Gasteiger partial charge on any atom is 0.262 e. The third-order valence-electron chi connectivity index (χ3n) is 4.10. The molecule has 0 saturated heterocycles. The molecule has 0 bridgehead atoms. The van der Waals surface area contributed by atoms with E-state index in [0.717, 1.165) is 21.8 Å². The topological polar surface area (TPSA) is 55.2 Å². The summed E-state index contributed by atoms with van der Waals surface area (Å²) in [4.78, 5) is 25.6. The molecule has 1 aromatic heterocycles. The van der Waals surface area contributed by atoms with Crippen LogP contribution in [0.3, 0.4) is 0 Å². The Morgan fingerprint density at radius 3 is 2.12 bits per heavy atom. The highest BCUT2D eigenvalue weighted by atomic mass is 16.2. The fourth-order valence-corrected chi connectivity index (χ4v) is 2.86. The lowest BCUT2D eigenvalue weighted by molar-refractivity contribution is -0.120. The van der Waals surface area contributed by atoms with Crippen molar-refractivity contribution in [2.24, 2.45) is 0 Å². The third kappa shape index (κ3) is 2.55. The number of benzene rings is 2. The van der Waals surface area contributed by atoms with Crippen LogP contribution in [0.4, 0.5) is 5.82 Å². The first-order valence-electron chi connectivity index (χ1n) is 7.93. The van der Waals surface area contributed by atoms with Crippen LogP contribution in [0.5, 0.6) is 0 Å². The number of hydrogen-bond donors (Lipinski definition) is 0. The molecule has 0 saturated carbocycles. The lowest BCUT2D eigenvalue weighted by atomic mass is 10.1. The molecule has 0 fully saturated rings. The van der Waals surface area contributed by atoms with Crippen LogP contribution in [-0.4, -0.2) is 21.6 Å². The number of hydrogen-bond acceptors (Lipinski definition) is 3. The standard InChI is InChI=1S/C20H15N3O2/c1-14-12-19(24)22(20(14)25)18-13-17(15-8-4-2-5-9-15)23(21-18)16-10-6-3-7-11-16/h2-13H,1H3. The summed E-state index contributed by atoms with van der Waals surface area (Å²) in [5, 5.41) is 4.54. The summed E-state index contributed by atoms with van der Waals surface area (Å²) < 4.78 is 1.75. The van der Waals surface area contributed by atoms with E-state index >= 15 is 0 Å². The molecule has 2 heterocycles. The fraction of sp³-hybridized carbons (Fsp3) is 0.0500. The van der Waals surface area contributed by atoms with Crippen molar-refractivity contribution in [3.05, 3.63) is 78.4 Å². The number of carbonyl (C=O) groups is 2. The Morgan fingerprint density at radius 2 is 1.52 bits per heavy atom. The summed E-state index contributed by atoms with van der Waals surface area (Å²) in [6.45, 7) is 1.63. The minimum absolute atomic E-state index is 0.325. The molecule has 5 heteroatoms. The molecule has 1 aliphatic rings. The fourth-order valence-electron chi connectivity index (χ4n) is 2.86. The van der Waals surface area contributed by atoms with Crippen LogP contribution < -0.4 is 4.90 Å². The Hall–Kier alpha value is -3.47. The van der Waals surface area contributed by atoms with Gasteiger partial charge in [0, 0.05) is 23.3 Å². The largest absolute Gasteiger partial charge is 0.269 e. The summed E-state index contributed by atoms with van der Waals surface area (Å²) >= 11 is 0. The molecular formula is C20H15N3O2. The van der Waals surface area contributed by atoms with Gasteiger partial charge in [0.15, 0.2) is 5.82 Å². The van der Waals surface area contributed by atoms with E-state index in [9.17, 15) is 9.59 Å². The maximum absolute atomic E-state index is 12.3. The molecule has 1 aliphatic heterocycles. The first-order valence-corrected chi connectivity index (χ1v) is 7.93. The van der Waals surface area contributed by atoms with Gasteiger partial charge in [-0.1, -0.05) is 48.5 Å². The first-order chi connectivity index (χ1) is 12.1. The lowest BCUT2D eigenvalue weighted by Crippen LogP contribution is -2.31. The smallest absolute Gasteiger partial charge is 0.262 e. The van der Waals surface area contributed by atoms with Crippen LogP contribution in [0.2, 0.25) is 0 Å². The number of nitrogens with zero attached hydrogens (tertiary/aromatic N) is 3. The van der Waals surface area contributed by atoms with Crippen molar-refractivity contribution in [1.82, 2.24) is 9.78 Å². The Kier molecular flexibility index (Phi) is 3.54. The summed E-state index contributed by atoms with van der Waals surface area (Å²) in [5.41, 5.74) is 3.04. The average molecular weight is 329 g/mol. The highest BCUT2D eigenvalue weighted by molar-refractivity contribution is 6.30. The Balaban J connectivity index is 1.88. The molecule has 0 atom stereocenters.